The Balaban J connectivity index is 1.87. The summed E-state index contributed by atoms with van der Waals surface area (Å²) >= 11 is 5.89. The predicted molar refractivity (Wildman–Crippen MR) is 110 cm³/mol. The van der Waals surface area contributed by atoms with Crippen LogP contribution in [0.5, 0.6) is 11.5 Å². The maximum Gasteiger partial charge on any atom is 0.333 e. The SMILES string of the molecule is Cc1cc(Cl)ccc1OCC(F)COc1cccc(C[C@H](OC(C)C)C(=O)O)c1. The molecule has 7 heteroatoms. The van der Waals surface area contributed by atoms with E-state index in [2.05, 4.69) is 0 Å². The molecule has 0 bridgehead atoms. The van der Waals surface area contributed by atoms with Gasteiger partial charge in [0.05, 0.1) is 6.10 Å². The molecule has 29 heavy (non-hydrogen) atoms. The van der Waals surface area contributed by atoms with Gasteiger partial charge in [0.25, 0.3) is 0 Å². The maximum atomic E-state index is 14.2. The molecule has 2 aromatic rings. The van der Waals surface area contributed by atoms with Gasteiger partial charge in [0, 0.05) is 11.4 Å². The fourth-order valence-electron chi connectivity index (χ4n) is 2.69. The van der Waals surface area contributed by atoms with Crippen molar-refractivity contribution >= 4 is 17.6 Å². The number of carboxylic acid groups (broad SMARTS) is 1. The number of alkyl halides is 1. The van der Waals surface area contributed by atoms with Crippen LogP contribution in [0.3, 0.4) is 0 Å². The van der Waals surface area contributed by atoms with E-state index in [0.717, 1.165) is 11.1 Å². The Morgan fingerprint density at radius 1 is 1.14 bits per heavy atom. The Labute approximate surface area is 175 Å². The summed E-state index contributed by atoms with van der Waals surface area (Å²) in [6.45, 7) is 5.07. The first-order valence-electron chi connectivity index (χ1n) is 9.37. The average Bonchev–Trinajstić information content (AvgIpc) is 2.65. The lowest BCUT2D eigenvalue weighted by atomic mass is 10.1. The molecule has 0 aromatic heterocycles. The highest BCUT2D eigenvalue weighted by atomic mass is 35.5. The largest absolute Gasteiger partial charge is 0.490 e. The van der Waals surface area contributed by atoms with E-state index in [1.807, 2.05) is 6.92 Å². The van der Waals surface area contributed by atoms with Gasteiger partial charge in [-0.15, -0.1) is 0 Å². The molecular formula is C22H26ClFO5. The maximum absolute atomic E-state index is 14.2. The summed E-state index contributed by atoms with van der Waals surface area (Å²) in [6, 6.07) is 12.0. The van der Waals surface area contributed by atoms with Crippen LogP contribution >= 0.6 is 11.6 Å². The van der Waals surface area contributed by atoms with Crippen molar-refractivity contribution in [3.63, 3.8) is 0 Å². The normalized spacial score (nSPS) is 13.2. The molecule has 0 radical (unpaired) electrons. The average molecular weight is 425 g/mol. The van der Waals surface area contributed by atoms with Crippen LogP contribution in [-0.2, 0) is 16.0 Å². The van der Waals surface area contributed by atoms with Crippen molar-refractivity contribution in [3.8, 4) is 11.5 Å². The lowest BCUT2D eigenvalue weighted by molar-refractivity contribution is -0.153. The van der Waals surface area contributed by atoms with Crippen LogP contribution < -0.4 is 9.47 Å². The zero-order chi connectivity index (χ0) is 21.4. The summed E-state index contributed by atoms with van der Waals surface area (Å²) in [5.74, 6) is 0.00825. The van der Waals surface area contributed by atoms with Crippen molar-refractivity contribution in [1.29, 1.82) is 0 Å². The quantitative estimate of drug-likeness (QED) is 0.557. The van der Waals surface area contributed by atoms with Gasteiger partial charge in [0.15, 0.2) is 12.3 Å². The standard InChI is InChI=1S/C22H26ClFO5/c1-14(2)29-21(22(25)26)11-16-5-4-6-19(10-16)27-12-18(24)13-28-20-8-7-17(23)9-15(20)3/h4-10,14,18,21H,11-13H2,1-3H3,(H,25,26)/t18?,21-/m0/s1. The van der Waals surface area contributed by atoms with E-state index in [-0.39, 0.29) is 25.7 Å². The topological polar surface area (TPSA) is 65.0 Å². The van der Waals surface area contributed by atoms with E-state index in [1.54, 1.807) is 56.3 Å². The lowest BCUT2D eigenvalue weighted by Crippen LogP contribution is -2.29. The second-order valence-electron chi connectivity index (χ2n) is 6.99. The smallest absolute Gasteiger partial charge is 0.333 e. The summed E-state index contributed by atoms with van der Waals surface area (Å²) in [4.78, 5) is 11.3. The minimum absolute atomic E-state index is 0.147. The van der Waals surface area contributed by atoms with E-state index in [0.29, 0.717) is 16.5 Å². The number of hydrogen-bond acceptors (Lipinski definition) is 4. The number of hydrogen-bond donors (Lipinski definition) is 1. The van der Waals surface area contributed by atoms with E-state index in [1.165, 1.54) is 0 Å². The Morgan fingerprint density at radius 3 is 2.52 bits per heavy atom. The zero-order valence-corrected chi connectivity index (χ0v) is 17.5. The molecule has 2 aromatic carbocycles. The lowest BCUT2D eigenvalue weighted by Gasteiger charge is -2.17. The Bertz CT molecular complexity index is 812. The molecule has 0 spiro atoms. The number of carboxylic acids is 1. The Morgan fingerprint density at radius 2 is 1.86 bits per heavy atom. The third kappa shape index (κ3) is 7.91. The van der Waals surface area contributed by atoms with Crippen molar-refractivity contribution in [1.82, 2.24) is 0 Å². The molecule has 0 amide bonds. The minimum atomic E-state index is -1.33. The first-order chi connectivity index (χ1) is 13.7. The number of aliphatic carboxylic acids is 1. The van der Waals surface area contributed by atoms with Crippen LogP contribution in [0.25, 0.3) is 0 Å². The summed E-state index contributed by atoms with van der Waals surface area (Å²) in [5.41, 5.74) is 1.56. The van der Waals surface area contributed by atoms with Crippen molar-refractivity contribution in [2.24, 2.45) is 0 Å². The molecule has 158 valence electrons. The fraction of sp³-hybridized carbons (Fsp3) is 0.409. The molecular weight excluding hydrogens is 399 g/mol. The number of aryl methyl sites for hydroxylation is 1. The zero-order valence-electron chi connectivity index (χ0n) is 16.7. The van der Waals surface area contributed by atoms with Crippen molar-refractivity contribution < 1.29 is 28.5 Å². The minimum Gasteiger partial charge on any atom is -0.490 e. The van der Waals surface area contributed by atoms with Gasteiger partial charge in [-0.3, -0.25) is 0 Å². The number of halogens is 2. The van der Waals surface area contributed by atoms with Crippen LogP contribution in [0.4, 0.5) is 4.39 Å². The van der Waals surface area contributed by atoms with Gasteiger partial charge < -0.3 is 19.3 Å². The van der Waals surface area contributed by atoms with Gasteiger partial charge >= 0.3 is 5.97 Å². The number of carbonyl (C=O) groups is 1. The highest BCUT2D eigenvalue weighted by Crippen LogP contribution is 2.22. The number of rotatable bonds is 11. The number of benzene rings is 2. The van der Waals surface area contributed by atoms with Gasteiger partial charge in [-0.1, -0.05) is 23.7 Å². The number of ether oxygens (including phenoxy) is 3. The second-order valence-corrected chi connectivity index (χ2v) is 7.43. The predicted octanol–water partition coefficient (Wildman–Crippen LogP) is 4.87. The summed E-state index contributed by atoms with van der Waals surface area (Å²) in [6.07, 6.45) is -2.28. The van der Waals surface area contributed by atoms with E-state index >= 15 is 0 Å². The molecule has 0 fully saturated rings. The monoisotopic (exact) mass is 424 g/mol. The summed E-state index contributed by atoms with van der Waals surface area (Å²) in [7, 11) is 0. The Kier molecular flexibility index (Phi) is 8.73. The molecule has 0 saturated heterocycles. The second kappa shape index (κ2) is 11.0. The molecule has 1 N–H and O–H groups in total. The van der Waals surface area contributed by atoms with Gasteiger partial charge in [0.1, 0.15) is 24.7 Å². The van der Waals surface area contributed by atoms with Crippen LogP contribution in [0.2, 0.25) is 5.02 Å². The fourth-order valence-corrected chi connectivity index (χ4v) is 2.91. The van der Waals surface area contributed by atoms with Crippen LogP contribution in [0.1, 0.15) is 25.0 Å². The van der Waals surface area contributed by atoms with Crippen LogP contribution in [-0.4, -0.2) is 42.7 Å². The van der Waals surface area contributed by atoms with Gasteiger partial charge in [-0.05, 0) is 62.2 Å². The molecule has 0 aliphatic rings. The van der Waals surface area contributed by atoms with Crippen LogP contribution in [0.15, 0.2) is 42.5 Å². The molecule has 0 aliphatic heterocycles. The van der Waals surface area contributed by atoms with Gasteiger partial charge in [-0.2, -0.15) is 0 Å². The van der Waals surface area contributed by atoms with Gasteiger partial charge in [0.2, 0.25) is 0 Å². The van der Waals surface area contributed by atoms with Crippen LogP contribution in [0, 0.1) is 6.92 Å². The van der Waals surface area contributed by atoms with Crippen molar-refractivity contribution in [2.75, 3.05) is 13.2 Å². The third-order valence-electron chi connectivity index (χ3n) is 4.02. The van der Waals surface area contributed by atoms with Crippen molar-refractivity contribution in [3.05, 3.63) is 58.6 Å². The summed E-state index contributed by atoms with van der Waals surface area (Å²) < 4.78 is 30.6. The third-order valence-corrected chi connectivity index (χ3v) is 4.25. The van der Waals surface area contributed by atoms with E-state index in [9.17, 15) is 14.3 Å². The molecule has 2 atom stereocenters. The molecule has 0 heterocycles. The molecule has 0 saturated carbocycles. The highest BCUT2D eigenvalue weighted by molar-refractivity contribution is 6.30. The van der Waals surface area contributed by atoms with Gasteiger partial charge in [-0.25, -0.2) is 9.18 Å². The van der Waals surface area contributed by atoms with E-state index in [4.69, 9.17) is 25.8 Å². The van der Waals surface area contributed by atoms with E-state index < -0.39 is 18.2 Å². The molecule has 1 unspecified atom stereocenters. The molecule has 5 nitrogen and oxygen atoms in total. The first kappa shape index (κ1) is 23.0. The Hall–Kier alpha value is -2.31. The highest BCUT2D eigenvalue weighted by Gasteiger charge is 2.20. The van der Waals surface area contributed by atoms with Crippen molar-refractivity contribution in [2.45, 2.75) is 45.6 Å². The first-order valence-corrected chi connectivity index (χ1v) is 9.75. The summed E-state index contributed by atoms with van der Waals surface area (Å²) in [5, 5.41) is 9.89. The molecule has 2 rings (SSSR count). The molecule has 0 aliphatic carbocycles.